The van der Waals surface area contributed by atoms with Crippen molar-refractivity contribution in [2.24, 2.45) is 0 Å². The molecule has 0 atom stereocenters. The van der Waals surface area contributed by atoms with Crippen LogP contribution in [0, 0.1) is 0 Å². The van der Waals surface area contributed by atoms with Gasteiger partial charge in [0.1, 0.15) is 36.2 Å². The van der Waals surface area contributed by atoms with Crippen molar-refractivity contribution >= 4 is 45.7 Å². The van der Waals surface area contributed by atoms with Crippen LogP contribution in [0.2, 0.25) is 0 Å². The molecule has 48 heavy (non-hydrogen) atoms. The molecule has 4 rings (SSSR count). The Morgan fingerprint density at radius 3 is 1.35 bits per heavy atom. The average molecular weight is 657 g/mol. The van der Waals surface area contributed by atoms with Gasteiger partial charge in [0.15, 0.2) is 0 Å². The Balaban J connectivity index is 1.86. The average Bonchev–Trinajstić information content (AvgIpc) is 3.10. The summed E-state index contributed by atoms with van der Waals surface area (Å²) >= 11 is 0. The number of carbonyl (C=O) groups excluding carboxylic acids is 4. The van der Waals surface area contributed by atoms with Crippen molar-refractivity contribution < 1.29 is 47.6 Å². The first-order valence-corrected chi connectivity index (χ1v) is 15.2. The summed E-state index contributed by atoms with van der Waals surface area (Å²) in [5, 5.41) is 7.58. The van der Waals surface area contributed by atoms with E-state index in [1.807, 2.05) is 38.1 Å². The summed E-state index contributed by atoms with van der Waals surface area (Å²) in [5.74, 6) is 0.0415. The Morgan fingerprint density at radius 1 is 0.625 bits per heavy atom. The van der Waals surface area contributed by atoms with Crippen molar-refractivity contribution in [3.05, 3.63) is 86.0 Å². The molecule has 0 saturated heterocycles. The van der Waals surface area contributed by atoms with Gasteiger partial charge < -0.3 is 39.1 Å². The van der Waals surface area contributed by atoms with Crippen molar-refractivity contribution in [1.82, 2.24) is 10.6 Å². The molecule has 12 nitrogen and oxygen atoms in total. The fourth-order valence-electron chi connectivity index (χ4n) is 4.79. The van der Waals surface area contributed by atoms with Crippen LogP contribution in [-0.4, -0.2) is 63.6 Å². The Kier molecular flexibility index (Phi) is 12.4. The van der Waals surface area contributed by atoms with Gasteiger partial charge >= 0.3 is 24.1 Å². The molecule has 0 aliphatic carbocycles. The van der Waals surface area contributed by atoms with Crippen LogP contribution in [0.3, 0.4) is 0 Å². The van der Waals surface area contributed by atoms with Gasteiger partial charge in [-0.1, -0.05) is 61.7 Å². The Labute approximate surface area is 277 Å². The van der Waals surface area contributed by atoms with Gasteiger partial charge in [-0.15, -0.1) is 0 Å². The number of rotatable bonds is 15. The van der Waals surface area contributed by atoms with Gasteiger partial charge in [-0.3, -0.25) is 0 Å². The summed E-state index contributed by atoms with van der Waals surface area (Å²) in [5.41, 5.74) is 0.722. The molecule has 0 heterocycles. The monoisotopic (exact) mass is 656 g/mol. The molecule has 0 aromatic heterocycles. The number of hydrogen-bond donors (Lipinski definition) is 2. The van der Waals surface area contributed by atoms with E-state index >= 15 is 0 Å². The number of fused-ring (bicyclic) bond motifs is 2. The van der Waals surface area contributed by atoms with E-state index in [4.69, 9.17) is 28.4 Å². The minimum absolute atomic E-state index is 0.0240. The molecular formula is C36H36N2O10. The zero-order chi connectivity index (χ0) is 34.5. The number of amides is 2. The maximum absolute atomic E-state index is 13.1. The third-order valence-electron chi connectivity index (χ3n) is 6.76. The second-order valence-electron chi connectivity index (χ2n) is 9.84. The number of ether oxygens (including phenoxy) is 6. The van der Waals surface area contributed by atoms with E-state index in [1.165, 1.54) is 0 Å². The second kappa shape index (κ2) is 17.0. The lowest BCUT2D eigenvalue weighted by Gasteiger charge is -2.21. The van der Waals surface area contributed by atoms with Gasteiger partial charge in [-0.25, -0.2) is 19.2 Å². The van der Waals surface area contributed by atoms with E-state index in [1.54, 1.807) is 36.4 Å². The maximum Gasteiger partial charge on any atom is 0.412 e. The molecule has 0 aliphatic heterocycles. The van der Waals surface area contributed by atoms with E-state index in [0.717, 1.165) is 12.2 Å². The SMILES string of the molecule is C=CC(=O)OCCNC(=O)Oc1c(-c2cc(OCC)c3ccccc3c2OC(=O)NCCOC(=O)C=C)cc(OCC)c2ccccc12. The minimum Gasteiger partial charge on any atom is -0.493 e. The van der Waals surface area contributed by atoms with E-state index in [0.29, 0.717) is 57.4 Å². The highest BCUT2D eigenvalue weighted by Crippen LogP contribution is 2.49. The normalized spacial score (nSPS) is 10.5. The lowest BCUT2D eigenvalue weighted by atomic mass is 9.94. The zero-order valence-electron chi connectivity index (χ0n) is 26.7. The lowest BCUT2D eigenvalue weighted by Crippen LogP contribution is -2.31. The smallest absolute Gasteiger partial charge is 0.412 e. The topological polar surface area (TPSA) is 148 Å². The molecule has 250 valence electrons. The van der Waals surface area contributed by atoms with Gasteiger partial charge in [-0.05, 0) is 26.0 Å². The highest BCUT2D eigenvalue weighted by atomic mass is 16.6. The molecule has 4 aromatic rings. The molecule has 0 aliphatic rings. The Bertz CT molecular complexity index is 1700. The molecule has 4 aromatic carbocycles. The third kappa shape index (κ3) is 8.60. The minimum atomic E-state index is -0.819. The first kappa shape index (κ1) is 34.8. The number of carbonyl (C=O) groups is 4. The molecule has 0 radical (unpaired) electrons. The summed E-state index contributed by atoms with van der Waals surface area (Å²) in [6, 6.07) is 17.9. The summed E-state index contributed by atoms with van der Waals surface area (Å²) in [7, 11) is 0. The van der Waals surface area contributed by atoms with Crippen molar-refractivity contribution in [2.45, 2.75) is 13.8 Å². The number of esters is 2. The predicted octanol–water partition coefficient (Wildman–Crippen LogP) is 6.09. The summed E-state index contributed by atoms with van der Waals surface area (Å²) in [6.45, 7) is 10.8. The van der Waals surface area contributed by atoms with Crippen LogP contribution in [0.4, 0.5) is 9.59 Å². The molecule has 0 saturated carbocycles. The number of nitrogens with one attached hydrogen (secondary N) is 2. The molecule has 0 unspecified atom stereocenters. The molecule has 0 spiro atoms. The van der Waals surface area contributed by atoms with Crippen LogP contribution < -0.4 is 29.6 Å². The van der Waals surface area contributed by atoms with E-state index in [-0.39, 0.29) is 37.8 Å². The largest absolute Gasteiger partial charge is 0.493 e. The van der Waals surface area contributed by atoms with Crippen LogP contribution in [-0.2, 0) is 19.1 Å². The third-order valence-corrected chi connectivity index (χ3v) is 6.76. The first-order chi connectivity index (χ1) is 23.3. The van der Waals surface area contributed by atoms with Crippen molar-refractivity contribution in [3.63, 3.8) is 0 Å². The fraction of sp³-hybridized carbons (Fsp3) is 0.222. The highest BCUT2D eigenvalue weighted by molar-refractivity contribution is 6.06. The predicted molar refractivity (Wildman–Crippen MR) is 180 cm³/mol. The number of benzene rings is 4. The van der Waals surface area contributed by atoms with Gasteiger partial charge in [0.2, 0.25) is 0 Å². The molecule has 2 amide bonds. The van der Waals surface area contributed by atoms with E-state index in [2.05, 4.69) is 23.8 Å². The van der Waals surface area contributed by atoms with E-state index in [9.17, 15) is 19.2 Å². The maximum atomic E-state index is 13.1. The standard InChI is InChI=1S/C36H36N2O10/c1-5-31(39)45-19-17-37-35(41)47-33-25-15-11-9-13-23(25)29(43-7-3)21-27(33)28-22-30(44-8-4)24-14-10-12-16-26(24)34(28)48-36(42)38-18-20-46-32(40)6-2/h5-6,9-16,21-22H,1-2,7-8,17-20H2,3-4H3,(H,37,41)(H,38,42). The number of hydrogen-bond acceptors (Lipinski definition) is 10. The summed E-state index contributed by atoms with van der Waals surface area (Å²) in [4.78, 5) is 49.1. The molecule has 0 fully saturated rings. The lowest BCUT2D eigenvalue weighted by molar-refractivity contribution is -0.138. The van der Waals surface area contributed by atoms with Gasteiger partial charge in [0.05, 0.1) is 26.3 Å². The van der Waals surface area contributed by atoms with Crippen LogP contribution >= 0.6 is 0 Å². The van der Waals surface area contributed by atoms with E-state index < -0.39 is 24.1 Å². The van der Waals surface area contributed by atoms with Crippen molar-refractivity contribution in [3.8, 4) is 34.1 Å². The molecule has 2 N–H and O–H groups in total. The van der Waals surface area contributed by atoms with Crippen LogP contribution in [0.25, 0.3) is 32.7 Å². The Hall–Kier alpha value is -6.04. The quantitative estimate of drug-likeness (QED) is 0.0875. The van der Waals surface area contributed by atoms with Gasteiger partial charge in [-0.2, -0.15) is 0 Å². The first-order valence-electron chi connectivity index (χ1n) is 15.2. The molecule has 0 bridgehead atoms. The summed E-state index contributed by atoms with van der Waals surface area (Å²) in [6.07, 6.45) is 0.406. The van der Waals surface area contributed by atoms with Gasteiger partial charge in [0.25, 0.3) is 0 Å². The van der Waals surface area contributed by atoms with Crippen molar-refractivity contribution in [1.29, 1.82) is 0 Å². The zero-order valence-corrected chi connectivity index (χ0v) is 26.7. The fourth-order valence-corrected chi connectivity index (χ4v) is 4.79. The van der Waals surface area contributed by atoms with Crippen molar-refractivity contribution in [2.75, 3.05) is 39.5 Å². The molecule has 12 heteroatoms. The van der Waals surface area contributed by atoms with Crippen LogP contribution in [0.15, 0.2) is 86.0 Å². The highest BCUT2D eigenvalue weighted by Gasteiger charge is 2.25. The van der Waals surface area contributed by atoms with Gasteiger partial charge in [0, 0.05) is 44.8 Å². The van der Waals surface area contributed by atoms with Crippen LogP contribution in [0.5, 0.6) is 23.0 Å². The Morgan fingerprint density at radius 2 is 1.00 bits per heavy atom. The second-order valence-corrected chi connectivity index (χ2v) is 9.84. The van der Waals surface area contributed by atoms with Crippen LogP contribution in [0.1, 0.15) is 13.8 Å². The summed E-state index contributed by atoms with van der Waals surface area (Å²) < 4.78 is 33.8. The molecular weight excluding hydrogens is 620 g/mol.